The van der Waals surface area contributed by atoms with E-state index < -0.39 is 23.1 Å². The van der Waals surface area contributed by atoms with Gasteiger partial charge in [0, 0.05) is 21.5 Å². The summed E-state index contributed by atoms with van der Waals surface area (Å²) < 4.78 is 22.5. The van der Waals surface area contributed by atoms with Crippen LogP contribution in [0.25, 0.3) is 65.8 Å². The molecule has 0 amide bonds. The van der Waals surface area contributed by atoms with Gasteiger partial charge in [0.2, 0.25) is 16.0 Å². The van der Waals surface area contributed by atoms with Gasteiger partial charge in [-0.05, 0) is 124 Å². The maximum absolute atomic E-state index is 12.0. The number of aliphatic carboxylic acids is 1. The van der Waals surface area contributed by atoms with E-state index in [1.807, 2.05) is 158 Å². The lowest BCUT2D eigenvalue weighted by Gasteiger charge is -2.22. The lowest BCUT2D eigenvalue weighted by Crippen LogP contribution is -2.40. The molecule has 4 heterocycles. The lowest BCUT2D eigenvalue weighted by molar-refractivity contribution is -0.159. The molecular weight excluding hydrogens is 1020 g/mol. The number of nitrogens with zero attached hydrogens (tertiary/aromatic N) is 14. The summed E-state index contributed by atoms with van der Waals surface area (Å²) in [6, 6.07) is 55.0. The highest BCUT2D eigenvalue weighted by Gasteiger charge is 2.34. The largest absolute Gasteiger partial charge is 0.478 e. The van der Waals surface area contributed by atoms with Gasteiger partial charge < -0.3 is 19.3 Å². The van der Waals surface area contributed by atoms with Gasteiger partial charge in [-0.3, -0.25) is 0 Å². The van der Waals surface area contributed by atoms with Crippen molar-refractivity contribution < 1.29 is 28.9 Å². The first-order valence-electron chi connectivity index (χ1n) is 24.0. The van der Waals surface area contributed by atoms with Crippen LogP contribution in [0.4, 0.5) is 0 Å². The summed E-state index contributed by atoms with van der Waals surface area (Å²) in [5.74, 6) is -1.57. The van der Waals surface area contributed by atoms with Crippen LogP contribution in [-0.2, 0) is 14.3 Å². The molecule has 0 radical (unpaired) electrons. The molecule has 0 aliphatic heterocycles. The fraction of sp³-hybridized carbons (Fsp3) is 0.148. The van der Waals surface area contributed by atoms with Gasteiger partial charge >= 0.3 is 29.6 Å². The Morgan fingerprint density at radius 2 is 0.923 bits per heavy atom. The van der Waals surface area contributed by atoms with E-state index in [2.05, 4.69) is 74.2 Å². The maximum Gasteiger partial charge on any atom is 0.365 e. The number of esters is 1. The van der Waals surface area contributed by atoms with Gasteiger partial charge in [-0.25, -0.2) is 24.2 Å². The number of nitrogens with one attached hydrogen (secondary N) is 2. The van der Waals surface area contributed by atoms with Crippen LogP contribution >= 0.6 is 12.2 Å². The Morgan fingerprint density at radius 3 is 1.32 bits per heavy atom. The third-order valence-corrected chi connectivity index (χ3v) is 12.1. The van der Waals surface area contributed by atoms with E-state index in [4.69, 9.17) is 26.4 Å². The normalized spacial score (nSPS) is 11.2. The number of carbonyl (C=O) groups excluding carboxylic acids is 1. The third-order valence-electron chi connectivity index (χ3n) is 11.8. The second-order valence-corrected chi connectivity index (χ2v) is 18.2. The molecule has 3 N–H and O–H groups in total. The van der Waals surface area contributed by atoms with Crippen LogP contribution < -0.4 is 15.2 Å². The SMILES string of the molecule is CC(C)(Oc1nnnn1-c1cccc2ccccc12)C(=O)O.CCOC(=O)C(C)(C)Oc1nnnn1-c1cccc2ccccc12.O=c1[nH]nnn1-c1cccc2ccccc12.S=c1nn[nH]n1-c1cccc2ccccc12. The Balaban J connectivity index is 0.000000128. The molecule has 392 valence electrons. The number of rotatable bonds is 11. The number of aromatic nitrogens is 16. The van der Waals surface area contributed by atoms with Crippen molar-refractivity contribution in [2.45, 2.75) is 45.8 Å². The molecule has 0 unspecified atom stereocenters. The third kappa shape index (κ3) is 11.5. The summed E-state index contributed by atoms with van der Waals surface area (Å²) in [5.41, 5.74) is 0.220. The molecule has 0 spiro atoms. The first-order chi connectivity index (χ1) is 37.7. The number of benzene rings is 8. The van der Waals surface area contributed by atoms with Gasteiger partial charge in [0.05, 0.1) is 29.4 Å². The first-order valence-corrected chi connectivity index (χ1v) is 24.4. The van der Waals surface area contributed by atoms with Crippen LogP contribution in [0.3, 0.4) is 0 Å². The number of aromatic amines is 2. The van der Waals surface area contributed by atoms with E-state index >= 15 is 0 Å². The highest BCUT2D eigenvalue weighted by Crippen LogP contribution is 2.28. The molecule has 0 atom stereocenters. The Hall–Kier alpha value is -10.4. The summed E-state index contributed by atoms with van der Waals surface area (Å²) in [7, 11) is 0. The zero-order valence-corrected chi connectivity index (χ0v) is 43.3. The summed E-state index contributed by atoms with van der Waals surface area (Å²) in [5, 5.41) is 60.1. The van der Waals surface area contributed by atoms with Gasteiger partial charge in [0.15, 0.2) is 0 Å². The molecule has 23 nitrogen and oxygen atoms in total. The number of carboxylic acid groups (broad SMARTS) is 1. The fourth-order valence-electron chi connectivity index (χ4n) is 7.93. The lowest BCUT2D eigenvalue weighted by atomic mass is 10.1. The number of hydrogen-bond donors (Lipinski definition) is 3. The summed E-state index contributed by atoms with van der Waals surface area (Å²) >= 11 is 5.09. The molecule has 78 heavy (non-hydrogen) atoms. The molecule has 0 aliphatic rings. The minimum atomic E-state index is -1.43. The fourth-order valence-corrected chi connectivity index (χ4v) is 8.11. The summed E-state index contributed by atoms with van der Waals surface area (Å²) in [6.07, 6.45) is 0. The van der Waals surface area contributed by atoms with Gasteiger partial charge in [-0.1, -0.05) is 166 Å². The van der Waals surface area contributed by atoms with Crippen LogP contribution in [0.1, 0.15) is 34.6 Å². The predicted molar refractivity (Wildman–Crippen MR) is 291 cm³/mol. The molecule has 4 aromatic heterocycles. The van der Waals surface area contributed by atoms with Gasteiger partial charge in [-0.2, -0.15) is 19.3 Å². The van der Waals surface area contributed by atoms with Gasteiger partial charge in [-0.15, -0.1) is 0 Å². The molecule has 0 saturated carbocycles. The van der Waals surface area contributed by atoms with Crippen molar-refractivity contribution in [2.24, 2.45) is 0 Å². The summed E-state index contributed by atoms with van der Waals surface area (Å²) in [4.78, 5) is 34.7. The predicted octanol–water partition coefficient (Wildman–Crippen LogP) is 8.18. The Morgan fingerprint density at radius 1 is 0.526 bits per heavy atom. The molecule has 12 rings (SSSR count). The Bertz CT molecular complexity index is 4040. The monoisotopic (exact) mass is 1060 g/mol. The Kier molecular flexibility index (Phi) is 15.5. The van der Waals surface area contributed by atoms with E-state index in [0.29, 0.717) is 4.77 Å². The quantitative estimate of drug-likeness (QED) is 0.0813. The number of ether oxygens (including phenoxy) is 3. The van der Waals surface area contributed by atoms with Crippen molar-refractivity contribution in [3.8, 4) is 34.8 Å². The van der Waals surface area contributed by atoms with E-state index in [1.165, 1.54) is 27.9 Å². The van der Waals surface area contributed by atoms with Crippen molar-refractivity contribution in [1.82, 2.24) is 80.8 Å². The van der Waals surface area contributed by atoms with Crippen molar-refractivity contribution in [1.29, 1.82) is 0 Å². The average Bonchev–Trinajstić information content (AvgIpc) is 4.32. The molecule has 0 saturated heterocycles. The number of carboxylic acids is 1. The van der Waals surface area contributed by atoms with E-state index in [-0.39, 0.29) is 24.3 Å². The van der Waals surface area contributed by atoms with E-state index in [0.717, 1.165) is 65.8 Å². The highest BCUT2D eigenvalue weighted by molar-refractivity contribution is 7.71. The van der Waals surface area contributed by atoms with Crippen LogP contribution in [-0.4, -0.2) is 116 Å². The second-order valence-electron chi connectivity index (χ2n) is 17.8. The molecule has 0 bridgehead atoms. The zero-order valence-electron chi connectivity index (χ0n) is 42.4. The summed E-state index contributed by atoms with van der Waals surface area (Å²) in [6.45, 7) is 8.14. The van der Waals surface area contributed by atoms with Crippen LogP contribution in [0.2, 0.25) is 0 Å². The van der Waals surface area contributed by atoms with Crippen LogP contribution in [0.15, 0.2) is 175 Å². The van der Waals surface area contributed by atoms with E-state index in [9.17, 15) is 19.5 Å². The topological polar surface area (TPSA) is 279 Å². The smallest absolute Gasteiger partial charge is 0.365 e. The highest BCUT2D eigenvalue weighted by atomic mass is 32.1. The van der Waals surface area contributed by atoms with Crippen molar-refractivity contribution >= 4 is 67.2 Å². The van der Waals surface area contributed by atoms with Crippen molar-refractivity contribution in [3.05, 3.63) is 185 Å². The number of hydrogen-bond acceptors (Lipinski definition) is 17. The molecule has 24 heteroatoms. The van der Waals surface area contributed by atoms with Crippen molar-refractivity contribution in [2.75, 3.05) is 6.61 Å². The van der Waals surface area contributed by atoms with Gasteiger partial charge in [0.1, 0.15) is 0 Å². The van der Waals surface area contributed by atoms with Crippen molar-refractivity contribution in [3.63, 3.8) is 0 Å². The minimum Gasteiger partial charge on any atom is -0.478 e. The average molecular weight is 1070 g/mol. The number of fused-ring (bicyclic) bond motifs is 4. The maximum atomic E-state index is 12.0. The molecule has 8 aromatic carbocycles. The molecule has 0 aliphatic carbocycles. The minimum absolute atomic E-state index is 0.0313. The van der Waals surface area contributed by atoms with Crippen LogP contribution in [0.5, 0.6) is 12.0 Å². The molecular formula is C54H48N16O7S. The number of tetrazole rings is 4. The Labute approximate surface area is 447 Å². The van der Waals surface area contributed by atoms with E-state index in [1.54, 1.807) is 25.5 Å². The number of H-pyrrole nitrogens is 2. The first kappa shape index (κ1) is 52.5. The zero-order chi connectivity index (χ0) is 54.8. The second kappa shape index (κ2) is 23.0. The van der Waals surface area contributed by atoms with Gasteiger partial charge in [0.25, 0.3) is 0 Å². The van der Waals surface area contributed by atoms with Crippen LogP contribution in [0, 0.1) is 4.77 Å². The molecule has 12 aromatic rings. The standard InChI is InChI=1S/C17H18N4O3.C15H14N4O3.C11H8N4O.C11H8N4S/c1-4-23-15(22)17(2,3)24-16-18-19-20-21(16)14-11-7-9-12-8-5-6-10-13(12)14;1-15(2,13(20)21)22-14-16-17-18-19(14)12-9-5-7-10-6-3-4-8-11(10)12;2*16-11-12-13-14-15(11)10-7-3-5-8-4-1-2-6-9(8)10/h5-11H,4H2,1-3H3;3-9H,1-2H3,(H,20,21);2*1-7H,(H,12,14,16). The number of carbonyl (C=O) groups is 2. The molecule has 0 fully saturated rings.